The summed E-state index contributed by atoms with van der Waals surface area (Å²) in [6, 6.07) is 10.9. The number of nitrogens with zero attached hydrogens (tertiary/aromatic N) is 4. The minimum atomic E-state index is -0.402. The molecular formula is C36H60N4O8. The molecule has 1 saturated carbocycles. The molecule has 0 aliphatic heterocycles. The van der Waals surface area contributed by atoms with Crippen LogP contribution in [-0.2, 0) is 36.8 Å². The number of aliphatic hydroxyl groups excluding tert-OH is 1. The molecular weight excluding hydrogens is 616 g/mol. The number of methoxy groups -OCH3 is 3. The van der Waals surface area contributed by atoms with Crippen molar-refractivity contribution in [3.63, 3.8) is 0 Å². The predicted molar refractivity (Wildman–Crippen MR) is 186 cm³/mol. The number of carbonyl (C=O) groups is 2. The largest absolute Gasteiger partial charge is 0.464 e. The SMILES string of the molecule is CCCN(CCOC)Cc1cccc(C(=O)OC)n1.COC.O=Cc1cccc(CN(CCOCCCO)CCOCCC2CCC2)n1. The highest BCUT2D eigenvalue weighted by atomic mass is 16.5. The van der Waals surface area contributed by atoms with Crippen LogP contribution in [0.2, 0.25) is 0 Å². The molecule has 1 fully saturated rings. The van der Waals surface area contributed by atoms with E-state index in [0.717, 1.165) is 62.8 Å². The first-order valence-electron chi connectivity index (χ1n) is 17.0. The van der Waals surface area contributed by atoms with Crippen molar-refractivity contribution >= 4 is 12.3 Å². The maximum absolute atomic E-state index is 11.4. The Balaban J connectivity index is 0.000000462. The number of aliphatic hydroxyl groups is 1. The summed E-state index contributed by atoms with van der Waals surface area (Å²) in [6.07, 6.45) is 7.77. The molecule has 2 aromatic rings. The van der Waals surface area contributed by atoms with Gasteiger partial charge in [0.05, 0.1) is 38.3 Å². The maximum atomic E-state index is 11.4. The van der Waals surface area contributed by atoms with Gasteiger partial charge in [-0.3, -0.25) is 14.6 Å². The van der Waals surface area contributed by atoms with Crippen LogP contribution in [0.1, 0.15) is 77.8 Å². The lowest BCUT2D eigenvalue weighted by Crippen LogP contribution is -2.31. The molecule has 48 heavy (non-hydrogen) atoms. The molecule has 0 amide bonds. The van der Waals surface area contributed by atoms with Gasteiger partial charge in [0.25, 0.3) is 0 Å². The topological polar surface area (TPSA) is 133 Å². The standard InChI is InChI=1S/C20H32N2O4.C14H22N2O3.C2H6O/c23-11-3-12-25-14-9-22(10-15-26-13-8-18-4-1-5-18)16-19-6-2-7-20(17-24)21-19;1-4-8-16(9-10-18-2)11-12-6-5-7-13(15-12)14(17)19-3;1-3-2/h2,6-7,17-18,23H,1,3-5,8-16H2;5-7H,4,8-11H2,1-3H3;1-2H3. The fourth-order valence-corrected chi connectivity index (χ4v) is 4.76. The lowest BCUT2D eigenvalue weighted by atomic mass is 9.83. The molecule has 272 valence electrons. The predicted octanol–water partition coefficient (Wildman–Crippen LogP) is 4.29. The molecule has 0 bridgehead atoms. The average Bonchev–Trinajstić information content (AvgIpc) is 3.08. The van der Waals surface area contributed by atoms with Gasteiger partial charge < -0.3 is 28.8 Å². The first-order chi connectivity index (χ1) is 23.4. The number of aromatic nitrogens is 2. The maximum Gasteiger partial charge on any atom is 0.356 e. The smallest absolute Gasteiger partial charge is 0.356 e. The lowest BCUT2D eigenvalue weighted by Gasteiger charge is -2.25. The minimum Gasteiger partial charge on any atom is -0.464 e. The molecule has 0 unspecified atom stereocenters. The molecule has 12 heteroatoms. The summed E-state index contributed by atoms with van der Waals surface area (Å²) in [5.41, 5.74) is 2.55. The molecule has 1 N–H and O–H groups in total. The summed E-state index contributed by atoms with van der Waals surface area (Å²) in [5, 5.41) is 8.80. The van der Waals surface area contributed by atoms with E-state index < -0.39 is 5.97 Å². The Labute approximate surface area is 288 Å². The van der Waals surface area contributed by atoms with E-state index in [-0.39, 0.29) is 6.61 Å². The van der Waals surface area contributed by atoms with E-state index in [4.69, 9.17) is 19.3 Å². The van der Waals surface area contributed by atoms with Crippen molar-refractivity contribution in [3.8, 4) is 0 Å². The number of rotatable bonds is 23. The van der Waals surface area contributed by atoms with Gasteiger partial charge in [-0.2, -0.15) is 0 Å². The van der Waals surface area contributed by atoms with Crippen LogP contribution >= 0.6 is 0 Å². The summed E-state index contributed by atoms with van der Waals surface area (Å²) < 4.78 is 25.4. The summed E-state index contributed by atoms with van der Waals surface area (Å²) in [6.45, 7) is 10.5. The number of hydrogen-bond donors (Lipinski definition) is 1. The normalized spacial score (nSPS) is 12.5. The molecule has 1 aliphatic rings. The fraction of sp³-hybridized carbons (Fsp3) is 0.667. The molecule has 0 radical (unpaired) electrons. The van der Waals surface area contributed by atoms with Crippen molar-refractivity contribution in [1.29, 1.82) is 0 Å². The first kappa shape index (κ1) is 43.2. The second kappa shape index (κ2) is 29.1. The van der Waals surface area contributed by atoms with Gasteiger partial charge in [-0.05, 0) is 56.0 Å². The zero-order valence-electron chi connectivity index (χ0n) is 29.9. The van der Waals surface area contributed by atoms with Crippen molar-refractivity contribution in [2.75, 3.05) is 94.3 Å². The number of ether oxygens (including phenoxy) is 5. The Hall–Kier alpha value is -2.84. The van der Waals surface area contributed by atoms with Gasteiger partial charge in [0.1, 0.15) is 11.4 Å². The Morgan fingerprint density at radius 3 is 2.02 bits per heavy atom. The highest BCUT2D eigenvalue weighted by Gasteiger charge is 2.17. The molecule has 0 saturated heterocycles. The third-order valence-electron chi connectivity index (χ3n) is 7.52. The molecule has 2 heterocycles. The van der Waals surface area contributed by atoms with Crippen molar-refractivity contribution in [1.82, 2.24) is 19.8 Å². The van der Waals surface area contributed by atoms with Gasteiger partial charge in [0.2, 0.25) is 0 Å². The van der Waals surface area contributed by atoms with E-state index in [1.165, 1.54) is 32.8 Å². The van der Waals surface area contributed by atoms with Crippen LogP contribution in [0.3, 0.4) is 0 Å². The fourth-order valence-electron chi connectivity index (χ4n) is 4.76. The van der Waals surface area contributed by atoms with Crippen molar-refractivity contribution < 1.29 is 38.4 Å². The number of carbonyl (C=O) groups excluding carboxylic acids is 2. The Bertz CT molecular complexity index is 1090. The number of esters is 1. The molecule has 2 aromatic heterocycles. The number of pyridine rings is 2. The van der Waals surface area contributed by atoms with Crippen LogP contribution in [-0.4, -0.2) is 131 Å². The summed E-state index contributed by atoms with van der Waals surface area (Å²) >= 11 is 0. The van der Waals surface area contributed by atoms with Crippen LogP contribution in [0.15, 0.2) is 36.4 Å². The van der Waals surface area contributed by atoms with Gasteiger partial charge in [-0.15, -0.1) is 0 Å². The molecule has 12 nitrogen and oxygen atoms in total. The molecule has 3 rings (SSSR count). The lowest BCUT2D eigenvalue weighted by molar-refractivity contribution is 0.0590. The molecule has 1 aliphatic carbocycles. The van der Waals surface area contributed by atoms with E-state index in [9.17, 15) is 9.59 Å². The monoisotopic (exact) mass is 676 g/mol. The van der Waals surface area contributed by atoms with Crippen LogP contribution < -0.4 is 0 Å². The molecule has 0 atom stereocenters. The zero-order chi connectivity index (χ0) is 35.2. The summed E-state index contributed by atoms with van der Waals surface area (Å²) in [7, 11) is 6.30. The van der Waals surface area contributed by atoms with Crippen LogP contribution in [0.5, 0.6) is 0 Å². The van der Waals surface area contributed by atoms with Gasteiger partial charge in [0, 0.05) is 73.9 Å². The van der Waals surface area contributed by atoms with E-state index >= 15 is 0 Å². The Morgan fingerprint density at radius 2 is 1.46 bits per heavy atom. The van der Waals surface area contributed by atoms with Crippen LogP contribution in [0.25, 0.3) is 0 Å². The van der Waals surface area contributed by atoms with E-state index in [2.05, 4.69) is 36.2 Å². The van der Waals surface area contributed by atoms with Gasteiger partial charge in [-0.1, -0.05) is 38.3 Å². The Morgan fingerprint density at radius 1 is 0.854 bits per heavy atom. The quantitative estimate of drug-likeness (QED) is 0.102. The Kier molecular flexibility index (Phi) is 26.2. The van der Waals surface area contributed by atoms with Crippen LogP contribution in [0.4, 0.5) is 0 Å². The third-order valence-corrected chi connectivity index (χ3v) is 7.52. The second-order valence-corrected chi connectivity index (χ2v) is 11.5. The van der Waals surface area contributed by atoms with Crippen molar-refractivity contribution in [3.05, 3.63) is 59.2 Å². The molecule has 0 aromatic carbocycles. The third kappa shape index (κ3) is 20.5. The zero-order valence-corrected chi connectivity index (χ0v) is 29.9. The second-order valence-electron chi connectivity index (χ2n) is 11.5. The van der Waals surface area contributed by atoms with Crippen molar-refractivity contribution in [2.45, 2.75) is 58.5 Å². The van der Waals surface area contributed by atoms with Gasteiger partial charge in [-0.25, -0.2) is 14.8 Å². The minimum absolute atomic E-state index is 0.154. The van der Waals surface area contributed by atoms with Crippen molar-refractivity contribution in [2.24, 2.45) is 5.92 Å². The first-order valence-corrected chi connectivity index (χ1v) is 17.0. The molecule has 0 spiro atoms. The van der Waals surface area contributed by atoms with E-state index in [1.54, 1.807) is 33.5 Å². The number of hydrogen-bond acceptors (Lipinski definition) is 12. The van der Waals surface area contributed by atoms with Gasteiger partial charge in [0.15, 0.2) is 6.29 Å². The number of aldehydes is 1. The van der Waals surface area contributed by atoms with Gasteiger partial charge >= 0.3 is 5.97 Å². The van der Waals surface area contributed by atoms with E-state index in [1.807, 2.05) is 24.3 Å². The average molecular weight is 677 g/mol. The summed E-state index contributed by atoms with van der Waals surface area (Å²) in [4.78, 5) is 35.5. The van der Waals surface area contributed by atoms with E-state index in [0.29, 0.717) is 57.3 Å². The van der Waals surface area contributed by atoms with Crippen LogP contribution in [0, 0.1) is 5.92 Å². The highest BCUT2D eigenvalue weighted by Crippen LogP contribution is 2.29. The summed E-state index contributed by atoms with van der Waals surface area (Å²) in [5.74, 6) is 0.474. The highest BCUT2D eigenvalue weighted by molar-refractivity contribution is 5.87.